The summed E-state index contributed by atoms with van der Waals surface area (Å²) in [5.74, 6) is -0.446. The number of carbonyl (C=O) groups is 1. The molecule has 4 nitrogen and oxygen atoms in total. The van der Waals surface area contributed by atoms with Crippen molar-refractivity contribution in [2.24, 2.45) is 5.73 Å². The Kier molecular flexibility index (Phi) is 2.02. The Labute approximate surface area is 81.0 Å². The summed E-state index contributed by atoms with van der Waals surface area (Å²) >= 11 is 0. The predicted molar refractivity (Wildman–Crippen MR) is 52.1 cm³/mol. The lowest BCUT2D eigenvalue weighted by Crippen LogP contribution is -2.15. The van der Waals surface area contributed by atoms with Crippen molar-refractivity contribution < 1.29 is 4.79 Å². The van der Waals surface area contributed by atoms with Crippen molar-refractivity contribution in [1.82, 2.24) is 9.55 Å². The van der Waals surface area contributed by atoms with E-state index in [2.05, 4.69) is 4.98 Å². The average molecular weight is 187 g/mol. The van der Waals surface area contributed by atoms with Crippen LogP contribution in [0.1, 0.15) is 10.5 Å². The molecule has 0 aromatic carbocycles. The van der Waals surface area contributed by atoms with Gasteiger partial charge >= 0.3 is 0 Å². The van der Waals surface area contributed by atoms with E-state index in [1.54, 1.807) is 41.4 Å². The molecular weight excluding hydrogens is 178 g/mol. The predicted octanol–water partition coefficient (Wildman–Crippen LogP) is 0.971. The SMILES string of the molecule is NC(=O)c1cccn1-c1cccnc1. The number of amides is 1. The highest BCUT2D eigenvalue weighted by Crippen LogP contribution is 2.10. The fraction of sp³-hybridized carbons (Fsp3) is 0. The van der Waals surface area contributed by atoms with E-state index >= 15 is 0 Å². The van der Waals surface area contributed by atoms with Gasteiger partial charge in [-0.05, 0) is 24.3 Å². The minimum absolute atomic E-state index is 0.446. The summed E-state index contributed by atoms with van der Waals surface area (Å²) in [6.07, 6.45) is 5.13. The summed E-state index contributed by atoms with van der Waals surface area (Å²) in [6, 6.07) is 7.11. The van der Waals surface area contributed by atoms with Crippen LogP contribution >= 0.6 is 0 Å². The highest BCUT2D eigenvalue weighted by atomic mass is 16.1. The molecule has 70 valence electrons. The fourth-order valence-corrected chi connectivity index (χ4v) is 1.30. The monoisotopic (exact) mass is 187 g/mol. The van der Waals surface area contributed by atoms with Gasteiger partial charge in [-0.25, -0.2) is 0 Å². The largest absolute Gasteiger partial charge is 0.364 e. The molecule has 0 saturated heterocycles. The molecule has 0 spiro atoms. The first-order valence-electron chi connectivity index (χ1n) is 4.16. The second-order valence-corrected chi connectivity index (χ2v) is 2.84. The number of hydrogen-bond donors (Lipinski definition) is 1. The third-order valence-corrected chi connectivity index (χ3v) is 1.93. The van der Waals surface area contributed by atoms with Crippen LogP contribution in [0.5, 0.6) is 0 Å². The molecule has 2 rings (SSSR count). The van der Waals surface area contributed by atoms with Crippen molar-refractivity contribution in [3.8, 4) is 5.69 Å². The minimum Gasteiger partial charge on any atom is -0.364 e. The molecule has 2 aromatic heterocycles. The summed E-state index contributed by atoms with van der Waals surface area (Å²) in [5, 5.41) is 0. The van der Waals surface area contributed by atoms with Crippen molar-refractivity contribution in [3.63, 3.8) is 0 Å². The Hall–Kier alpha value is -2.10. The van der Waals surface area contributed by atoms with Crippen molar-refractivity contribution in [2.75, 3.05) is 0 Å². The molecule has 0 atom stereocenters. The van der Waals surface area contributed by atoms with Crippen molar-refractivity contribution in [2.45, 2.75) is 0 Å². The highest BCUT2D eigenvalue weighted by Gasteiger charge is 2.07. The Morgan fingerprint density at radius 2 is 2.21 bits per heavy atom. The first-order valence-corrected chi connectivity index (χ1v) is 4.16. The van der Waals surface area contributed by atoms with Gasteiger partial charge in [-0.15, -0.1) is 0 Å². The highest BCUT2D eigenvalue weighted by molar-refractivity contribution is 5.91. The normalized spacial score (nSPS) is 10.0. The Morgan fingerprint density at radius 3 is 2.86 bits per heavy atom. The number of nitrogens with two attached hydrogens (primary N) is 1. The Bertz CT molecular complexity index is 447. The quantitative estimate of drug-likeness (QED) is 0.761. The van der Waals surface area contributed by atoms with Crippen LogP contribution in [-0.2, 0) is 0 Å². The first kappa shape index (κ1) is 8.50. The molecular formula is C10H9N3O. The van der Waals surface area contributed by atoms with Gasteiger partial charge in [0.15, 0.2) is 0 Å². The van der Waals surface area contributed by atoms with Gasteiger partial charge < -0.3 is 10.3 Å². The van der Waals surface area contributed by atoms with Crippen LogP contribution in [0.3, 0.4) is 0 Å². The van der Waals surface area contributed by atoms with Gasteiger partial charge in [-0.3, -0.25) is 9.78 Å². The third kappa shape index (κ3) is 1.37. The zero-order valence-corrected chi connectivity index (χ0v) is 7.42. The molecule has 2 aromatic rings. The van der Waals surface area contributed by atoms with Crippen LogP contribution in [0.15, 0.2) is 42.9 Å². The van der Waals surface area contributed by atoms with Gasteiger partial charge in [0.25, 0.3) is 5.91 Å². The zero-order chi connectivity index (χ0) is 9.97. The smallest absolute Gasteiger partial charge is 0.265 e. The van der Waals surface area contributed by atoms with Gasteiger partial charge in [0.2, 0.25) is 0 Å². The molecule has 4 heteroatoms. The van der Waals surface area contributed by atoms with Crippen molar-refractivity contribution in [1.29, 1.82) is 0 Å². The van der Waals surface area contributed by atoms with Gasteiger partial charge in [0.05, 0.1) is 11.9 Å². The number of aromatic nitrogens is 2. The molecule has 0 unspecified atom stereocenters. The number of hydrogen-bond acceptors (Lipinski definition) is 2. The second kappa shape index (κ2) is 3.33. The standard InChI is InChI=1S/C10H9N3O/c11-10(14)9-4-2-6-13(9)8-3-1-5-12-7-8/h1-7H,(H2,11,14). The Morgan fingerprint density at radius 1 is 1.36 bits per heavy atom. The lowest BCUT2D eigenvalue weighted by molar-refractivity contribution is 0.0994. The topological polar surface area (TPSA) is 60.9 Å². The van der Waals surface area contributed by atoms with Gasteiger partial charge in [-0.1, -0.05) is 0 Å². The van der Waals surface area contributed by atoms with E-state index in [1.165, 1.54) is 0 Å². The first-order chi connectivity index (χ1) is 6.79. The lowest BCUT2D eigenvalue weighted by Gasteiger charge is -2.04. The van der Waals surface area contributed by atoms with E-state index in [0.717, 1.165) is 5.69 Å². The van der Waals surface area contributed by atoms with E-state index in [-0.39, 0.29) is 0 Å². The van der Waals surface area contributed by atoms with Gasteiger partial charge in [-0.2, -0.15) is 0 Å². The van der Waals surface area contributed by atoms with Gasteiger partial charge in [0.1, 0.15) is 5.69 Å². The van der Waals surface area contributed by atoms with E-state index in [1.807, 2.05) is 6.07 Å². The molecule has 0 aliphatic heterocycles. The van der Waals surface area contributed by atoms with Crippen LogP contribution in [0.4, 0.5) is 0 Å². The summed E-state index contributed by atoms with van der Waals surface area (Å²) in [5.41, 5.74) is 6.50. The molecule has 0 saturated carbocycles. The van der Waals surface area contributed by atoms with Gasteiger partial charge in [0, 0.05) is 12.4 Å². The van der Waals surface area contributed by atoms with Crippen LogP contribution in [-0.4, -0.2) is 15.5 Å². The summed E-state index contributed by atoms with van der Waals surface area (Å²) < 4.78 is 1.70. The molecule has 0 fully saturated rings. The van der Waals surface area contributed by atoms with E-state index in [0.29, 0.717) is 5.69 Å². The average Bonchev–Trinajstić information content (AvgIpc) is 2.67. The Balaban J connectivity index is 2.52. The van der Waals surface area contributed by atoms with Crippen molar-refractivity contribution in [3.05, 3.63) is 48.5 Å². The van der Waals surface area contributed by atoms with E-state index in [4.69, 9.17) is 5.73 Å². The van der Waals surface area contributed by atoms with Crippen molar-refractivity contribution >= 4 is 5.91 Å². The fourth-order valence-electron chi connectivity index (χ4n) is 1.30. The molecule has 2 N–H and O–H groups in total. The molecule has 14 heavy (non-hydrogen) atoms. The van der Waals surface area contributed by atoms with E-state index < -0.39 is 5.91 Å². The lowest BCUT2D eigenvalue weighted by atomic mass is 10.3. The summed E-state index contributed by atoms with van der Waals surface area (Å²) in [7, 11) is 0. The van der Waals surface area contributed by atoms with E-state index in [9.17, 15) is 4.79 Å². The molecule has 0 aliphatic carbocycles. The maximum absolute atomic E-state index is 11.0. The molecule has 0 bridgehead atoms. The third-order valence-electron chi connectivity index (χ3n) is 1.93. The number of primary amides is 1. The molecule has 0 aliphatic rings. The molecule has 2 heterocycles. The molecule has 1 amide bonds. The van der Waals surface area contributed by atoms with Crippen LogP contribution in [0.25, 0.3) is 5.69 Å². The number of rotatable bonds is 2. The zero-order valence-electron chi connectivity index (χ0n) is 7.42. The van der Waals surface area contributed by atoms with Crippen LogP contribution < -0.4 is 5.73 Å². The summed E-state index contributed by atoms with van der Waals surface area (Å²) in [6.45, 7) is 0. The number of nitrogens with zero attached hydrogens (tertiary/aromatic N) is 2. The molecule has 0 radical (unpaired) electrons. The van der Waals surface area contributed by atoms with Crippen LogP contribution in [0.2, 0.25) is 0 Å². The number of carbonyl (C=O) groups excluding carboxylic acids is 1. The van der Waals surface area contributed by atoms with Crippen LogP contribution in [0, 0.1) is 0 Å². The maximum Gasteiger partial charge on any atom is 0.265 e. The summed E-state index contributed by atoms with van der Waals surface area (Å²) in [4.78, 5) is 15.0. The maximum atomic E-state index is 11.0. The minimum atomic E-state index is -0.446. The number of pyridine rings is 1. The second-order valence-electron chi connectivity index (χ2n) is 2.84.